The molecule has 1 aromatic carbocycles. The van der Waals surface area contributed by atoms with E-state index in [-0.39, 0.29) is 23.7 Å². The molecule has 7 nitrogen and oxygen atoms in total. The number of anilines is 1. The Morgan fingerprint density at radius 2 is 2.09 bits per heavy atom. The van der Waals surface area contributed by atoms with Crippen LogP contribution in [0.1, 0.15) is 36.6 Å². The maximum atomic E-state index is 13.7. The first kappa shape index (κ1) is 20.5. The molecular weight excluding hydrogens is 421 g/mol. The third-order valence-corrected chi connectivity index (χ3v) is 7.93. The van der Waals surface area contributed by atoms with Crippen molar-refractivity contribution in [3.8, 4) is 0 Å². The van der Waals surface area contributed by atoms with Crippen molar-refractivity contribution in [1.82, 2.24) is 19.5 Å². The zero-order valence-electron chi connectivity index (χ0n) is 18.3. The van der Waals surface area contributed by atoms with E-state index in [1.807, 2.05) is 42.0 Å². The van der Waals surface area contributed by atoms with E-state index in [1.165, 1.54) is 6.07 Å². The highest BCUT2D eigenvalue weighted by molar-refractivity contribution is 5.81. The second-order valence-corrected chi connectivity index (χ2v) is 9.65. The summed E-state index contributed by atoms with van der Waals surface area (Å²) in [7, 11) is 0. The van der Waals surface area contributed by atoms with Crippen LogP contribution in [0.2, 0.25) is 0 Å². The van der Waals surface area contributed by atoms with E-state index in [4.69, 9.17) is 5.73 Å². The number of hydrogen-bond acceptors (Lipinski definition) is 6. The summed E-state index contributed by atoms with van der Waals surface area (Å²) in [6.07, 6.45) is 5.47. The van der Waals surface area contributed by atoms with Crippen molar-refractivity contribution in [3.63, 3.8) is 0 Å². The Bertz CT molecular complexity index is 1390. The lowest BCUT2D eigenvalue weighted by atomic mass is 9.84. The molecule has 4 aromatic rings. The third-order valence-electron chi connectivity index (χ3n) is 7.93. The summed E-state index contributed by atoms with van der Waals surface area (Å²) in [6.45, 7) is 1.94. The van der Waals surface area contributed by atoms with E-state index in [2.05, 4.69) is 15.0 Å². The van der Waals surface area contributed by atoms with Gasteiger partial charge in [-0.25, -0.2) is 19.3 Å². The Kier molecular flexibility index (Phi) is 4.47. The number of aryl methyl sites for hydroxylation is 1. The summed E-state index contributed by atoms with van der Waals surface area (Å²) in [5.74, 6) is -0.419. The first-order valence-corrected chi connectivity index (χ1v) is 11.4. The molecule has 2 aliphatic carbocycles. The zero-order chi connectivity index (χ0) is 22.9. The number of fused-ring (bicyclic) bond motifs is 3. The van der Waals surface area contributed by atoms with Gasteiger partial charge in [0.1, 0.15) is 18.1 Å². The quantitative estimate of drug-likeness (QED) is 0.444. The molecule has 4 N–H and O–H groups in total. The number of benzene rings is 1. The van der Waals surface area contributed by atoms with Gasteiger partial charge in [-0.3, -0.25) is 0 Å². The molecule has 2 aliphatic rings. The van der Waals surface area contributed by atoms with Crippen molar-refractivity contribution in [2.24, 2.45) is 11.8 Å². The van der Waals surface area contributed by atoms with E-state index >= 15 is 0 Å². The van der Waals surface area contributed by atoms with Crippen LogP contribution < -0.4 is 5.73 Å². The average Bonchev–Trinajstić information content (AvgIpc) is 3.42. The van der Waals surface area contributed by atoms with Gasteiger partial charge < -0.3 is 20.5 Å². The highest BCUT2D eigenvalue weighted by Gasteiger charge is 2.59. The van der Waals surface area contributed by atoms with Crippen molar-refractivity contribution in [1.29, 1.82) is 0 Å². The van der Waals surface area contributed by atoms with Gasteiger partial charge in [0.05, 0.1) is 22.9 Å². The smallest absolute Gasteiger partial charge is 0.165 e. The molecule has 33 heavy (non-hydrogen) atoms. The molecule has 0 spiro atoms. The zero-order valence-corrected chi connectivity index (χ0v) is 18.3. The van der Waals surface area contributed by atoms with Gasteiger partial charge in [-0.2, -0.15) is 0 Å². The van der Waals surface area contributed by atoms with Gasteiger partial charge in [0, 0.05) is 17.0 Å². The van der Waals surface area contributed by atoms with Gasteiger partial charge >= 0.3 is 0 Å². The monoisotopic (exact) mass is 447 g/mol. The minimum absolute atomic E-state index is 0.0279. The number of pyridine rings is 1. The van der Waals surface area contributed by atoms with Crippen LogP contribution in [0, 0.1) is 24.6 Å². The lowest BCUT2D eigenvalue weighted by Gasteiger charge is -2.29. The lowest BCUT2D eigenvalue weighted by molar-refractivity contribution is -0.0799. The predicted octanol–water partition coefficient (Wildman–Crippen LogP) is 3.31. The maximum Gasteiger partial charge on any atom is 0.165 e. The lowest BCUT2D eigenvalue weighted by Crippen LogP contribution is -2.42. The van der Waals surface area contributed by atoms with Crippen LogP contribution in [0.15, 0.2) is 42.9 Å². The fraction of sp³-hybridized carbons (Fsp3) is 0.400. The minimum atomic E-state index is -1.11. The van der Waals surface area contributed by atoms with Gasteiger partial charge in [-0.15, -0.1) is 0 Å². The van der Waals surface area contributed by atoms with Gasteiger partial charge in [0.2, 0.25) is 0 Å². The summed E-state index contributed by atoms with van der Waals surface area (Å²) in [6, 6.07) is 8.94. The Morgan fingerprint density at radius 3 is 2.94 bits per heavy atom. The summed E-state index contributed by atoms with van der Waals surface area (Å²) < 4.78 is 15.7. The average molecular weight is 448 g/mol. The number of nitrogens with zero attached hydrogens (tertiary/aromatic N) is 4. The standard InChI is InChI=1S/C25H26FN5O2/c1-13-17-5-7-31(24(17)29-12-28-13)21-11-18-15(4-6-25(18,33)22(21)32)8-14-2-3-16-10-19(26)23(27)30-20(16)9-14/h2-3,5,7,9-10,12,15,18,21-22,32-33H,4,6,8,11H2,1H3,(H2,27,30)/t15-,18+,21+,22-,25+/m0/s1. The van der Waals surface area contributed by atoms with Crippen molar-refractivity contribution in [3.05, 3.63) is 59.9 Å². The Hall–Kier alpha value is -3.10. The van der Waals surface area contributed by atoms with E-state index in [0.717, 1.165) is 35.1 Å². The molecule has 3 heterocycles. The summed E-state index contributed by atoms with van der Waals surface area (Å²) in [4.78, 5) is 12.9. The number of aliphatic hydroxyl groups excluding tert-OH is 1. The normalized spacial score (nSPS) is 29.2. The van der Waals surface area contributed by atoms with Gasteiger partial charge in [-0.05, 0) is 68.2 Å². The van der Waals surface area contributed by atoms with E-state index < -0.39 is 17.5 Å². The van der Waals surface area contributed by atoms with Gasteiger partial charge in [0.25, 0.3) is 0 Å². The van der Waals surface area contributed by atoms with E-state index in [0.29, 0.717) is 23.7 Å². The fourth-order valence-electron chi connectivity index (χ4n) is 6.20. The topological polar surface area (TPSA) is 110 Å². The largest absolute Gasteiger partial charge is 0.388 e. The molecular formula is C25H26FN5O2. The number of rotatable bonds is 3. The number of hydrogen-bond donors (Lipinski definition) is 3. The van der Waals surface area contributed by atoms with Crippen LogP contribution in [0.5, 0.6) is 0 Å². The molecule has 3 aromatic heterocycles. The second kappa shape index (κ2) is 7.20. The van der Waals surface area contributed by atoms with Crippen molar-refractivity contribution < 1.29 is 14.6 Å². The molecule has 2 saturated carbocycles. The molecule has 0 amide bonds. The molecule has 0 radical (unpaired) electrons. The molecule has 5 atom stereocenters. The number of aromatic nitrogens is 4. The predicted molar refractivity (Wildman–Crippen MR) is 123 cm³/mol. The molecule has 6 rings (SSSR count). The molecule has 8 heteroatoms. The fourth-order valence-corrected chi connectivity index (χ4v) is 6.20. The molecule has 0 aliphatic heterocycles. The summed E-state index contributed by atoms with van der Waals surface area (Å²) in [5.41, 5.74) is 7.96. The first-order chi connectivity index (χ1) is 15.8. The van der Waals surface area contributed by atoms with Gasteiger partial charge in [0.15, 0.2) is 11.6 Å². The minimum Gasteiger partial charge on any atom is -0.388 e. The maximum absolute atomic E-state index is 13.7. The number of nitrogens with two attached hydrogens (primary N) is 1. The van der Waals surface area contributed by atoms with E-state index in [1.54, 1.807) is 6.33 Å². The highest BCUT2D eigenvalue weighted by Crippen LogP contribution is 2.55. The molecule has 0 saturated heterocycles. The van der Waals surface area contributed by atoms with Crippen LogP contribution in [0.3, 0.4) is 0 Å². The van der Waals surface area contributed by atoms with E-state index in [9.17, 15) is 14.6 Å². The van der Waals surface area contributed by atoms with Crippen molar-refractivity contribution in [2.75, 3.05) is 5.73 Å². The van der Waals surface area contributed by atoms with Crippen LogP contribution in [-0.4, -0.2) is 41.4 Å². The summed E-state index contributed by atoms with van der Waals surface area (Å²) >= 11 is 0. The van der Waals surface area contributed by atoms with Gasteiger partial charge in [-0.1, -0.05) is 12.1 Å². The van der Waals surface area contributed by atoms with Crippen LogP contribution in [-0.2, 0) is 6.42 Å². The number of aliphatic hydroxyl groups is 2. The third kappa shape index (κ3) is 3.04. The van der Waals surface area contributed by atoms with Crippen molar-refractivity contribution in [2.45, 2.75) is 50.4 Å². The Labute approximate surface area is 190 Å². The van der Waals surface area contributed by atoms with Crippen LogP contribution in [0.4, 0.5) is 10.2 Å². The number of halogens is 1. The summed E-state index contributed by atoms with van der Waals surface area (Å²) in [5, 5.41) is 24.4. The van der Waals surface area contributed by atoms with Crippen LogP contribution in [0.25, 0.3) is 21.9 Å². The SMILES string of the molecule is Cc1ncnc2c1ccn2[C@@H]1C[C@@H]2[C@H](Cc3ccc4cc(F)c(N)nc4c3)CC[C@]2(O)[C@H]1O. The second-order valence-electron chi connectivity index (χ2n) is 9.65. The first-order valence-electron chi connectivity index (χ1n) is 11.4. The Morgan fingerprint density at radius 1 is 1.24 bits per heavy atom. The van der Waals surface area contributed by atoms with Crippen LogP contribution >= 0.6 is 0 Å². The molecule has 0 bridgehead atoms. The molecule has 0 unspecified atom stereocenters. The number of nitrogen functional groups attached to an aromatic ring is 1. The molecule has 2 fully saturated rings. The van der Waals surface area contributed by atoms with Crippen molar-refractivity contribution >= 4 is 27.8 Å². The molecule has 170 valence electrons. The Balaban J connectivity index is 1.29. The highest BCUT2D eigenvalue weighted by atomic mass is 19.1.